The van der Waals surface area contributed by atoms with Crippen molar-refractivity contribution in [2.75, 3.05) is 38.7 Å². The van der Waals surface area contributed by atoms with Gasteiger partial charge in [-0.1, -0.05) is 0 Å². The van der Waals surface area contributed by atoms with Crippen LogP contribution in [0.4, 0.5) is 10.5 Å². The second-order valence-corrected chi connectivity index (χ2v) is 7.97. The summed E-state index contributed by atoms with van der Waals surface area (Å²) in [7, 11) is 1.68. The zero-order valence-corrected chi connectivity index (χ0v) is 16.7. The summed E-state index contributed by atoms with van der Waals surface area (Å²) in [6.45, 7) is 3.60. The van der Waals surface area contributed by atoms with Crippen molar-refractivity contribution in [3.63, 3.8) is 0 Å². The predicted molar refractivity (Wildman–Crippen MR) is 111 cm³/mol. The minimum atomic E-state index is -0.398. The third-order valence-corrected chi connectivity index (χ3v) is 6.13. The number of fused-ring (bicyclic) bond motifs is 2. The van der Waals surface area contributed by atoms with Gasteiger partial charge in [0.2, 0.25) is 0 Å². The van der Waals surface area contributed by atoms with Gasteiger partial charge in [0.1, 0.15) is 0 Å². The predicted octanol–water partition coefficient (Wildman–Crippen LogP) is 4.42. The van der Waals surface area contributed by atoms with E-state index in [2.05, 4.69) is 33.1 Å². The maximum Gasteiger partial charge on any atom is 0.411 e. The van der Waals surface area contributed by atoms with Gasteiger partial charge in [-0.25, -0.2) is 4.79 Å². The fraction of sp³-hybridized carbons (Fsp3) is 0.591. The maximum absolute atomic E-state index is 12.0. The Morgan fingerprint density at radius 3 is 2.93 bits per heavy atom. The summed E-state index contributed by atoms with van der Waals surface area (Å²) >= 11 is 0. The molecule has 28 heavy (non-hydrogen) atoms. The van der Waals surface area contributed by atoms with Crippen LogP contribution in [0.2, 0.25) is 0 Å². The van der Waals surface area contributed by atoms with Gasteiger partial charge in [-0.05, 0) is 69.3 Å². The molecule has 152 valence electrons. The molecule has 2 aliphatic heterocycles. The van der Waals surface area contributed by atoms with Gasteiger partial charge in [-0.15, -0.1) is 0 Å². The number of anilines is 1. The van der Waals surface area contributed by atoms with Gasteiger partial charge in [0.05, 0.1) is 6.61 Å². The zero-order valence-electron chi connectivity index (χ0n) is 16.7. The third-order valence-electron chi connectivity index (χ3n) is 6.13. The Balaban J connectivity index is 1.36. The average Bonchev–Trinajstić information content (AvgIpc) is 3.33. The fourth-order valence-corrected chi connectivity index (χ4v) is 4.68. The van der Waals surface area contributed by atoms with Gasteiger partial charge < -0.3 is 18.9 Å². The number of nitrogens with zero attached hydrogens (tertiary/aromatic N) is 2. The first kappa shape index (κ1) is 19.3. The van der Waals surface area contributed by atoms with E-state index in [0.717, 1.165) is 30.0 Å². The van der Waals surface area contributed by atoms with Gasteiger partial charge in [-0.3, -0.25) is 5.32 Å². The number of carbonyl (C=O) groups excluding carboxylic acids is 1. The first-order valence-corrected chi connectivity index (χ1v) is 10.5. The van der Waals surface area contributed by atoms with E-state index in [0.29, 0.717) is 19.3 Å². The number of piperidine rings is 1. The molecule has 2 atom stereocenters. The SMILES string of the molecule is COCCCCOC(=O)Nc1ccc2c(ccn2C2CCN3CCCC3C2)c1. The number of hydrogen-bond donors (Lipinski definition) is 1. The molecule has 2 saturated heterocycles. The Morgan fingerprint density at radius 1 is 1.14 bits per heavy atom. The highest BCUT2D eigenvalue weighted by molar-refractivity contribution is 5.90. The number of benzene rings is 1. The number of hydrogen-bond acceptors (Lipinski definition) is 4. The summed E-state index contributed by atoms with van der Waals surface area (Å²) in [5.74, 6) is 0. The zero-order chi connectivity index (χ0) is 19.3. The molecule has 2 fully saturated rings. The molecule has 0 bridgehead atoms. The Hall–Kier alpha value is -2.05. The Bertz CT molecular complexity index is 803. The normalized spacial score (nSPS) is 22.3. The lowest BCUT2D eigenvalue weighted by Crippen LogP contribution is -2.38. The van der Waals surface area contributed by atoms with Crippen molar-refractivity contribution in [2.45, 2.75) is 50.6 Å². The Kier molecular flexibility index (Phi) is 6.17. The molecule has 2 aliphatic rings. The molecular formula is C22H31N3O3. The molecule has 3 heterocycles. The molecule has 1 aromatic carbocycles. The standard InChI is InChI=1S/C22H31N3O3/c1-27-13-2-3-14-28-22(26)23-18-6-7-21-17(15-18)8-12-25(21)20-9-11-24-10-4-5-19(24)16-20/h6-8,12,15,19-20H,2-5,9-11,13-14,16H2,1H3,(H,23,26). The summed E-state index contributed by atoms with van der Waals surface area (Å²) in [4.78, 5) is 14.6. The van der Waals surface area contributed by atoms with Crippen LogP contribution in [-0.2, 0) is 9.47 Å². The van der Waals surface area contributed by atoms with Crippen molar-refractivity contribution in [2.24, 2.45) is 0 Å². The lowest BCUT2D eigenvalue weighted by Gasteiger charge is -2.35. The summed E-state index contributed by atoms with van der Waals surface area (Å²) in [6, 6.07) is 9.60. The summed E-state index contributed by atoms with van der Waals surface area (Å²) in [6.07, 6.45) is 8.67. The van der Waals surface area contributed by atoms with Crippen LogP contribution in [-0.4, -0.2) is 55.0 Å². The van der Waals surface area contributed by atoms with E-state index in [4.69, 9.17) is 9.47 Å². The maximum atomic E-state index is 12.0. The number of ether oxygens (including phenoxy) is 2. The highest BCUT2D eigenvalue weighted by Gasteiger charge is 2.32. The van der Waals surface area contributed by atoms with Crippen LogP contribution in [0.5, 0.6) is 0 Å². The van der Waals surface area contributed by atoms with Crippen LogP contribution in [0, 0.1) is 0 Å². The number of aromatic nitrogens is 1. The molecule has 4 rings (SSSR count). The molecule has 6 heteroatoms. The Labute approximate surface area is 166 Å². The molecule has 1 N–H and O–H groups in total. The third kappa shape index (κ3) is 4.33. The number of methoxy groups -OCH3 is 1. The molecule has 0 radical (unpaired) electrons. The summed E-state index contributed by atoms with van der Waals surface area (Å²) in [5, 5.41) is 3.99. The second-order valence-electron chi connectivity index (χ2n) is 7.97. The highest BCUT2D eigenvalue weighted by Crippen LogP contribution is 2.35. The van der Waals surface area contributed by atoms with E-state index < -0.39 is 6.09 Å². The van der Waals surface area contributed by atoms with E-state index in [1.165, 1.54) is 44.3 Å². The van der Waals surface area contributed by atoms with Crippen LogP contribution in [0.25, 0.3) is 10.9 Å². The Morgan fingerprint density at radius 2 is 2.04 bits per heavy atom. The van der Waals surface area contributed by atoms with Crippen LogP contribution in [0.3, 0.4) is 0 Å². The molecule has 1 aromatic heterocycles. The number of carbonyl (C=O) groups is 1. The highest BCUT2D eigenvalue weighted by atomic mass is 16.5. The monoisotopic (exact) mass is 385 g/mol. The molecule has 2 unspecified atom stereocenters. The van der Waals surface area contributed by atoms with E-state index >= 15 is 0 Å². The van der Waals surface area contributed by atoms with Gasteiger partial charge in [0, 0.05) is 55.1 Å². The van der Waals surface area contributed by atoms with Gasteiger partial charge in [0.25, 0.3) is 0 Å². The largest absolute Gasteiger partial charge is 0.449 e. The van der Waals surface area contributed by atoms with Crippen LogP contribution < -0.4 is 5.32 Å². The van der Waals surface area contributed by atoms with Crippen molar-refractivity contribution in [1.29, 1.82) is 0 Å². The van der Waals surface area contributed by atoms with Crippen molar-refractivity contribution in [1.82, 2.24) is 9.47 Å². The molecule has 6 nitrogen and oxygen atoms in total. The molecule has 0 aliphatic carbocycles. The van der Waals surface area contributed by atoms with Gasteiger partial charge in [0.15, 0.2) is 0 Å². The molecule has 2 aromatic rings. The van der Waals surface area contributed by atoms with Crippen LogP contribution in [0.15, 0.2) is 30.5 Å². The van der Waals surface area contributed by atoms with Gasteiger partial charge in [-0.2, -0.15) is 0 Å². The van der Waals surface area contributed by atoms with Crippen molar-refractivity contribution in [3.8, 4) is 0 Å². The van der Waals surface area contributed by atoms with Gasteiger partial charge >= 0.3 is 6.09 Å². The first-order chi connectivity index (χ1) is 13.7. The van der Waals surface area contributed by atoms with Crippen LogP contribution >= 0.6 is 0 Å². The fourth-order valence-electron chi connectivity index (χ4n) is 4.68. The van der Waals surface area contributed by atoms with E-state index in [1.807, 2.05) is 12.1 Å². The van der Waals surface area contributed by atoms with E-state index in [9.17, 15) is 4.79 Å². The average molecular weight is 386 g/mol. The van der Waals surface area contributed by atoms with E-state index in [-0.39, 0.29) is 0 Å². The minimum Gasteiger partial charge on any atom is -0.449 e. The molecule has 1 amide bonds. The smallest absolute Gasteiger partial charge is 0.411 e. The summed E-state index contributed by atoms with van der Waals surface area (Å²) in [5.41, 5.74) is 2.02. The minimum absolute atomic E-state index is 0.398. The number of rotatable bonds is 7. The number of amides is 1. The lowest BCUT2D eigenvalue weighted by atomic mass is 9.97. The number of nitrogens with one attached hydrogen (secondary N) is 1. The van der Waals surface area contributed by atoms with Crippen LogP contribution in [0.1, 0.15) is 44.6 Å². The first-order valence-electron chi connectivity index (χ1n) is 10.5. The lowest BCUT2D eigenvalue weighted by molar-refractivity contribution is 0.148. The van der Waals surface area contributed by atoms with Crippen molar-refractivity contribution >= 4 is 22.7 Å². The number of unbranched alkanes of at least 4 members (excludes halogenated alkanes) is 1. The molecule has 0 spiro atoms. The summed E-state index contributed by atoms with van der Waals surface area (Å²) < 4.78 is 12.7. The van der Waals surface area contributed by atoms with Crippen molar-refractivity contribution < 1.29 is 14.3 Å². The molecule has 0 saturated carbocycles. The quantitative estimate of drug-likeness (QED) is 0.717. The second kappa shape index (κ2) is 8.97. The molecular weight excluding hydrogens is 354 g/mol. The van der Waals surface area contributed by atoms with Crippen molar-refractivity contribution in [3.05, 3.63) is 30.5 Å². The van der Waals surface area contributed by atoms with E-state index in [1.54, 1.807) is 7.11 Å². The topological polar surface area (TPSA) is 55.7 Å².